The molecule has 0 aliphatic rings. The summed E-state index contributed by atoms with van der Waals surface area (Å²) in [6.07, 6.45) is 0. The lowest BCUT2D eigenvalue weighted by molar-refractivity contribution is -0.132. The maximum absolute atomic E-state index is 9.60. The molecule has 0 heterocycles. The van der Waals surface area contributed by atoms with Crippen LogP contribution in [0.25, 0.3) is 0 Å². The summed E-state index contributed by atoms with van der Waals surface area (Å²) in [5.41, 5.74) is 10.7. The zero-order chi connectivity index (χ0) is 12.8. The largest absolute Gasteiger partial charge is 0.478 e. The summed E-state index contributed by atoms with van der Waals surface area (Å²) in [6, 6.07) is 0. The smallest absolute Gasteiger partial charge is 0.330 e. The Morgan fingerprint density at radius 1 is 1.12 bits per heavy atom. The van der Waals surface area contributed by atoms with Crippen LogP contribution in [0.1, 0.15) is 6.92 Å². The molecule has 16 heavy (non-hydrogen) atoms. The molecule has 7 N–H and O–H groups in total. The predicted octanol–water partition coefficient (Wildman–Crippen LogP) is -1.27. The quantitative estimate of drug-likeness (QED) is 0.263. The van der Waals surface area contributed by atoms with Crippen LogP contribution in [-0.4, -0.2) is 50.3 Å². The van der Waals surface area contributed by atoms with Crippen LogP contribution in [0.4, 0.5) is 0 Å². The van der Waals surface area contributed by atoms with Gasteiger partial charge in [-0.15, -0.1) is 0 Å². The number of nitrogens with one attached hydrogen (secondary N) is 2. The topological polar surface area (TPSA) is 113 Å². The van der Waals surface area contributed by atoms with Gasteiger partial charge in [-0.25, -0.2) is 4.79 Å². The van der Waals surface area contributed by atoms with Crippen LogP contribution in [0, 0.1) is 0 Å². The van der Waals surface area contributed by atoms with E-state index in [0.29, 0.717) is 13.1 Å². The molecule has 0 aliphatic carbocycles. The van der Waals surface area contributed by atoms with E-state index in [4.69, 9.17) is 16.6 Å². The highest BCUT2D eigenvalue weighted by Crippen LogP contribution is 1.81. The van der Waals surface area contributed by atoms with Crippen molar-refractivity contribution in [2.45, 2.75) is 6.92 Å². The Morgan fingerprint density at radius 3 is 1.62 bits per heavy atom. The van der Waals surface area contributed by atoms with E-state index >= 15 is 0 Å². The molecule has 0 unspecified atom stereocenters. The molecule has 0 bridgehead atoms. The molecule has 0 saturated carbocycles. The molecule has 0 radical (unpaired) electrons. The van der Waals surface area contributed by atoms with Crippen molar-refractivity contribution in [3.8, 4) is 0 Å². The highest BCUT2D eigenvalue weighted by molar-refractivity contribution is 5.84. The number of aliphatic carboxylic acids is 1. The number of carboxylic acid groups (broad SMARTS) is 1. The molecule has 0 amide bonds. The van der Waals surface area contributed by atoms with Gasteiger partial charge >= 0.3 is 5.97 Å². The lowest BCUT2D eigenvalue weighted by atomic mass is 10.4. The van der Waals surface area contributed by atoms with E-state index in [-0.39, 0.29) is 5.57 Å². The summed E-state index contributed by atoms with van der Waals surface area (Å²) in [7, 11) is 0. The Hall–Kier alpha value is -0.950. The van der Waals surface area contributed by atoms with E-state index in [9.17, 15) is 4.79 Å². The molecular weight excluding hydrogens is 208 g/mol. The summed E-state index contributed by atoms with van der Waals surface area (Å²) < 4.78 is 0. The van der Waals surface area contributed by atoms with Gasteiger partial charge in [0.1, 0.15) is 0 Å². The van der Waals surface area contributed by atoms with Crippen molar-refractivity contribution >= 4 is 5.97 Å². The van der Waals surface area contributed by atoms with Crippen LogP contribution in [0.2, 0.25) is 0 Å². The van der Waals surface area contributed by atoms with Crippen LogP contribution >= 0.6 is 0 Å². The summed E-state index contributed by atoms with van der Waals surface area (Å²) in [5.74, 6) is -0.935. The van der Waals surface area contributed by atoms with Crippen LogP contribution in [0.15, 0.2) is 12.2 Å². The van der Waals surface area contributed by atoms with Gasteiger partial charge in [0.15, 0.2) is 0 Å². The Bertz CT molecular complexity index is 166. The minimum atomic E-state index is -0.935. The molecule has 6 nitrogen and oxygen atoms in total. The first kappa shape index (κ1) is 17.4. The number of nitrogens with two attached hydrogens (primary N) is 2. The number of rotatable bonds is 8. The van der Waals surface area contributed by atoms with E-state index in [1.165, 1.54) is 6.92 Å². The fourth-order valence-corrected chi connectivity index (χ4v) is 0.631. The molecule has 96 valence electrons. The van der Waals surface area contributed by atoms with Crippen molar-refractivity contribution in [1.82, 2.24) is 10.6 Å². The van der Waals surface area contributed by atoms with Crippen LogP contribution < -0.4 is 22.1 Å². The first-order chi connectivity index (χ1) is 7.56. The minimum Gasteiger partial charge on any atom is -0.478 e. The third kappa shape index (κ3) is 18.8. The molecule has 0 spiro atoms. The van der Waals surface area contributed by atoms with Crippen molar-refractivity contribution in [3.63, 3.8) is 0 Å². The summed E-state index contributed by atoms with van der Waals surface area (Å²) in [5, 5.41) is 14.2. The highest BCUT2D eigenvalue weighted by Gasteiger charge is 1.90. The third-order valence-corrected chi connectivity index (χ3v) is 1.49. The Morgan fingerprint density at radius 2 is 1.44 bits per heavy atom. The van der Waals surface area contributed by atoms with Crippen LogP contribution in [-0.2, 0) is 4.79 Å². The second-order valence-corrected chi connectivity index (χ2v) is 3.16. The molecule has 0 rings (SSSR count). The summed E-state index contributed by atoms with van der Waals surface area (Å²) in [6.45, 7) is 9.74. The van der Waals surface area contributed by atoms with Crippen LogP contribution in [0.5, 0.6) is 0 Å². The maximum atomic E-state index is 9.60. The molecule has 0 aromatic carbocycles. The van der Waals surface area contributed by atoms with Gasteiger partial charge in [0, 0.05) is 44.8 Å². The fourth-order valence-electron chi connectivity index (χ4n) is 0.631. The molecule has 0 aliphatic heterocycles. The average Bonchev–Trinajstić information content (AvgIpc) is 2.24. The highest BCUT2D eigenvalue weighted by atomic mass is 16.4. The van der Waals surface area contributed by atoms with Crippen molar-refractivity contribution in [2.75, 3.05) is 39.3 Å². The standard InChI is InChI=1S/C6H18N4.C4H6O2/c7-1-3-9-5-6-10-4-2-8;1-3(2)4(5)6/h9-10H,1-8H2;1H2,2H3,(H,5,6). The molecule has 0 fully saturated rings. The van der Waals surface area contributed by atoms with E-state index in [1.54, 1.807) is 0 Å². The zero-order valence-electron chi connectivity index (χ0n) is 9.96. The second-order valence-electron chi connectivity index (χ2n) is 3.16. The van der Waals surface area contributed by atoms with E-state index < -0.39 is 5.97 Å². The van der Waals surface area contributed by atoms with Gasteiger partial charge in [0.2, 0.25) is 0 Å². The summed E-state index contributed by atoms with van der Waals surface area (Å²) >= 11 is 0. The number of carbonyl (C=O) groups is 1. The lowest BCUT2D eigenvalue weighted by Crippen LogP contribution is -2.32. The normalized spacial score (nSPS) is 9.19. The zero-order valence-corrected chi connectivity index (χ0v) is 9.96. The average molecular weight is 232 g/mol. The molecule has 0 aromatic rings. The molecule has 6 heteroatoms. The molecule has 0 aromatic heterocycles. The lowest BCUT2D eigenvalue weighted by Gasteiger charge is -2.03. The SMILES string of the molecule is C=C(C)C(=O)O.NCCNCCNCCN. The Labute approximate surface area is 97.1 Å². The van der Waals surface area contributed by atoms with Gasteiger partial charge in [0.25, 0.3) is 0 Å². The van der Waals surface area contributed by atoms with Gasteiger partial charge in [-0.2, -0.15) is 0 Å². The fraction of sp³-hybridized carbons (Fsp3) is 0.700. The van der Waals surface area contributed by atoms with Gasteiger partial charge in [0.05, 0.1) is 0 Å². The maximum Gasteiger partial charge on any atom is 0.330 e. The van der Waals surface area contributed by atoms with E-state index in [2.05, 4.69) is 17.2 Å². The predicted molar refractivity (Wildman–Crippen MR) is 66.3 cm³/mol. The van der Waals surface area contributed by atoms with Crippen molar-refractivity contribution in [2.24, 2.45) is 11.5 Å². The van der Waals surface area contributed by atoms with Crippen molar-refractivity contribution < 1.29 is 9.90 Å². The third-order valence-electron chi connectivity index (χ3n) is 1.49. The first-order valence-corrected chi connectivity index (χ1v) is 5.26. The monoisotopic (exact) mass is 232 g/mol. The molecule has 0 atom stereocenters. The van der Waals surface area contributed by atoms with Gasteiger partial charge < -0.3 is 27.2 Å². The van der Waals surface area contributed by atoms with Gasteiger partial charge in [-0.1, -0.05) is 6.58 Å². The number of carboxylic acids is 1. The van der Waals surface area contributed by atoms with Crippen molar-refractivity contribution in [3.05, 3.63) is 12.2 Å². The van der Waals surface area contributed by atoms with E-state index in [0.717, 1.165) is 26.2 Å². The van der Waals surface area contributed by atoms with Gasteiger partial charge in [-0.05, 0) is 6.92 Å². The first-order valence-electron chi connectivity index (χ1n) is 5.26. The van der Waals surface area contributed by atoms with E-state index in [1.807, 2.05) is 0 Å². The molecular formula is C10H24N4O2. The van der Waals surface area contributed by atoms with Crippen molar-refractivity contribution in [1.29, 1.82) is 0 Å². The Kier molecular flexibility index (Phi) is 15.3. The van der Waals surface area contributed by atoms with Crippen LogP contribution in [0.3, 0.4) is 0 Å². The van der Waals surface area contributed by atoms with Gasteiger partial charge in [-0.3, -0.25) is 0 Å². The minimum absolute atomic E-state index is 0.176. The Balaban J connectivity index is 0. The summed E-state index contributed by atoms with van der Waals surface area (Å²) in [4.78, 5) is 9.60. The second kappa shape index (κ2) is 14.1. The number of hydrogen-bond donors (Lipinski definition) is 5. The molecule has 0 saturated heterocycles. The number of hydrogen-bond acceptors (Lipinski definition) is 5.